The third-order valence-corrected chi connectivity index (χ3v) is 4.17. The molecule has 2 heterocycles. The standard InChI is InChI=1S/C18H14N8O4/c19-17-16(23-30-24-17)18-21-13-6-1-2-7-14(13)25(18)10-15(27)22-20-9-11-4-3-5-12(8-11)26(28)29/h1-9H,10H2,(H2,19,24)(H,22,27). The van der Waals surface area contributed by atoms with Crippen LogP contribution in [0.1, 0.15) is 5.56 Å². The number of nitrogen functional groups attached to an aromatic ring is 1. The van der Waals surface area contributed by atoms with Crippen LogP contribution >= 0.6 is 0 Å². The average molecular weight is 406 g/mol. The lowest BCUT2D eigenvalue weighted by Crippen LogP contribution is -2.23. The molecular formula is C18H14N8O4. The van der Waals surface area contributed by atoms with Crippen molar-refractivity contribution in [3.8, 4) is 11.5 Å². The first-order valence-corrected chi connectivity index (χ1v) is 8.63. The van der Waals surface area contributed by atoms with Crippen molar-refractivity contribution in [2.45, 2.75) is 6.54 Å². The maximum absolute atomic E-state index is 12.5. The lowest BCUT2D eigenvalue weighted by molar-refractivity contribution is -0.384. The molecule has 0 aliphatic carbocycles. The van der Waals surface area contributed by atoms with Crippen molar-refractivity contribution in [3.63, 3.8) is 0 Å². The maximum atomic E-state index is 12.5. The number of para-hydroxylation sites is 2. The van der Waals surface area contributed by atoms with Gasteiger partial charge < -0.3 is 10.3 Å². The van der Waals surface area contributed by atoms with Gasteiger partial charge in [0.15, 0.2) is 17.3 Å². The van der Waals surface area contributed by atoms with Crippen LogP contribution in [-0.2, 0) is 11.3 Å². The first-order valence-electron chi connectivity index (χ1n) is 8.63. The summed E-state index contributed by atoms with van der Waals surface area (Å²) in [7, 11) is 0. The van der Waals surface area contributed by atoms with E-state index in [1.165, 1.54) is 24.4 Å². The van der Waals surface area contributed by atoms with Gasteiger partial charge in [0.1, 0.15) is 6.54 Å². The number of carbonyl (C=O) groups excluding carboxylic acids is 1. The number of hydrogen-bond acceptors (Lipinski definition) is 9. The number of hydrazone groups is 1. The molecule has 0 aliphatic heterocycles. The maximum Gasteiger partial charge on any atom is 0.270 e. The van der Waals surface area contributed by atoms with Crippen LogP contribution in [0.4, 0.5) is 11.5 Å². The van der Waals surface area contributed by atoms with Crippen molar-refractivity contribution in [2.24, 2.45) is 5.10 Å². The number of benzene rings is 2. The third-order valence-electron chi connectivity index (χ3n) is 4.17. The lowest BCUT2D eigenvalue weighted by Gasteiger charge is -2.06. The second-order valence-corrected chi connectivity index (χ2v) is 6.15. The highest BCUT2D eigenvalue weighted by molar-refractivity contribution is 5.86. The van der Waals surface area contributed by atoms with Gasteiger partial charge in [0.25, 0.3) is 11.6 Å². The minimum absolute atomic E-state index is 0.0515. The number of amides is 1. The molecule has 0 atom stereocenters. The zero-order valence-electron chi connectivity index (χ0n) is 15.3. The summed E-state index contributed by atoms with van der Waals surface area (Å²) in [5.74, 6) is -0.0699. The van der Waals surface area contributed by atoms with Crippen LogP contribution in [0.5, 0.6) is 0 Å². The van der Waals surface area contributed by atoms with Gasteiger partial charge >= 0.3 is 0 Å². The van der Waals surface area contributed by atoms with E-state index in [2.05, 4.69) is 30.5 Å². The molecule has 0 spiro atoms. The highest BCUT2D eigenvalue weighted by atomic mass is 16.6. The number of nitro benzene ring substituents is 1. The number of nitrogens with two attached hydrogens (primary N) is 1. The summed E-state index contributed by atoms with van der Waals surface area (Å²) in [6, 6.07) is 13.1. The van der Waals surface area contributed by atoms with Crippen LogP contribution in [0.3, 0.4) is 0 Å². The Bertz CT molecular complexity index is 1280. The van der Waals surface area contributed by atoms with Gasteiger partial charge in [-0.3, -0.25) is 14.9 Å². The summed E-state index contributed by atoms with van der Waals surface area (Å²) in [5.41, 5.74) is 10.1. The quantitative estimate of drug-likeness (QED) is 0.277. The number of nitrogens with one attached hydrogen (secondary N) is 1. The number of anilines is 1. The van der Waals surface area contributed by atoms with Crippen molar-refractivity contribution >= 4 is 34.7 Å². The summed E-state index contributed by atoms with van der Waals surface area (Å²) in [5, 5.41) is 22.0. The Morgan fingerprint density at radius 3 is 2.87 bits per heavy atom. The topological polar surface area (TPSA) is 167 Å². The van der Waals surface area contributed by atoms with Gasteiger partial charge in [0.2, 0.25) is 0 Å². The van der Waals surface area contributed by atoms with Crippen molar-refractivity contribution < 1.29 is 14.3 Å². The summed E-state index contributed by atoms with van der Waals surface area (Å²) in [4.78, 5) is 27.2. The first kappa shape index (κ1) is 18.7. The number of imidazole rings is 1. The Balaban J connectivity index is 1.55. The predicted octanol–water partition coefficient (Wildman–Crippen LogP) is 1.73. The van der Waals surface area contributed by atoms with E-state index in [1.54, 1.807) is 22.8 Å². The Kier molecular flexibility index (Phi) is 4.87. The number of nitrogens with zero attached hydrogens (tertiary/aromatic N) is 6. The van der Waals surface area contributed by atoms with E-state index >= 15 is 0 Å². The molecule has 12 nitrogen and oxygen atoms in total. The first-order chi connectivity index (χ1) is 14.5. The molecule has 4 aromatic rings. The van der Waals surface area contributed by atoms with E-state index in [4.69, 9.17) is 5.73 Å². The van der Waals surface area contributed by atoms with Crippen molar-refractivity contribution in [1.82, 2.24) is 25.3 Å². The highest BCUT2D eigenvalue weighted by Crippen LogP contribution is 2.26. The molecule has 0 fully saturated rings. The van der Waals surface area contributed by atoms with Crippen LogP contribution < -0.4 is 11.2 Å². The van der Waals surface area contributed by atoms with Crippen LogP contribution in [0.15, 0.2) is 58.3 Å². The molecule has 0 saturated heterocycles. The van der Waals surface area contributed by atoms with Gasteiger partial charge in [0, 0.05) is 17.7 Å². The normalized spacial score (nSPS) is 11.2. The van der Waals surface area contributed by atoms with Gasteiger partial charge in [-0.1, -0.05) is 24.3 Å². The molecule has 1 amide bonds. The largest absolute Gasteiger partial charge is 0.379 e. The molecule has 3 N–H and O–H groups in total. The third kappa shape index (κ3) is 3.69. The number of non-ortho nitro benzene ring substituents is 1. The smallest absolute Gasteiger partial charge is 0.270 e. The average Bonchev–Trinajstić information content (AvgIpc) is 3.31. The van der Waals surface area contributed by atoms with E-state index in [9.17, 15) is 14.9 Å². The number of fused-ring (bicyclic) bond motifs is 1. The number of nitro groups is 1. The molecule has 0 saturated carbocycles. The summed E-state index contributed by atoms with van der Waals surface area (Å²) in [6.07, 6.45) is 1.32. The van der Waals surface area contributed by atoms with Crippen LogP contribution in [-0.4, -0.2) is 36.9 Å². The molecule has 0 bridgehead atoms. The molecule has 0 unspecified atom stereocenters. The summed E-state index contributed by atoms with van der Waals surface area (Å²) < 4.78 is 6.26. The molecule has 2 aromatic heterocycles. The molecule has 4 rings (SSSR count). The fraction of sp³-hybridized carbons (Fsp3) is 0.0556. The Morgan fingerprint density at radius 1 is 1.27 bits per heavy atom. The van der Waals surface area contributed by atoms with E-state index < -0.39 is 10.8 Å². The number of rotatable bonds is 6. The minimum atomic E-state index is -0.508. The van der Waals surface area contributed by atoms with Crippen molar-refractivity contribution in [1.29, 1.82) is 0 Å². The minimum Gasteiger partial charge on any atom is -0.379 e. The second kappa shape index (κ2) is 7.79. The van der Waals surface area contributed by atoms with Crippen molar-refractivity contribution in [3.05, 3.63) is 64.2 Å². The Morgan fingerprint density at radius 2 is 2.10 bits per heavy atom. The van der Waals surface area contributed by atoms with Crippen LogP contribution in [0, 0.1) is 10.1 Å². The summed E-state index contributed by atoms with van der Waals surface area (Å²) in [6.45, 7) is -0.131. The van der Waals surface area contributed by atoms with Crippen molar-refractivity contribution in [2.75, 3.05) is 5.73 Å². The van der Waals surface area contributed by atoms with Crippen LogP contribution in [0.2, 0.25) is 0 Å². The van der Waals surface area contributed by atoms with Gasteiger partial charge in [-0.25, -0.2) is 15.0 Å². The van der Waals surface area contributed by atoms with Gasteiger partial charge in [-0.05, 0) is 22.4 Å². The van der Waals surface area contributed by atoms with E-state index in [1.807, 2.05) is 12.1 Å². The van der Waals surface area contributed by atoms with Gasteiger partial charge in [-0.15, -0.1) is 0 Å². The molecular weight excluding hydrogens is 392 g/mol. The molecule has 30 heavy (non-hydrogen) atoms. The molecule has 0 radical (unpaired) electrons. The summed E-state index contributed by atoms with van der Waals surface area (Å²) >= 11 is 0. The number of carbonyl (C=O) groups is 1. The fourth-order valence-corrected chi connectivity index (χ4v) is 2.84. The van der Waals surface area contributed by atoms with E-state index in [0.29, 0.717) is 22.4 Å². The molecule has 12 heteroatoms. The molecule has 150 valence electrons. The van der Waals surface area contributed by atoms with Gasteiger partial charge in [0.05, 0.1) is 22.2 Å². The zero-order valence-corrected chi connectivity index (χ0v) is 15.3. The number of aromatic nitrogens is 4. The Labute approximate surface area is 168 Å². The molecule has 2 aromatic carbocycles. The van der Waals surface area contributed by atoms with Crippen LogP contribution in [0.25, 0.3) is 22.6 Å². The fourth-order valence-electron chi connectivity index (χ4n) is 2.84. The zero-order chi connectivity index (χ0) is 21.1. The van der Waals surface area contributed by atoms with E-state index in [0.717, 1.165) is 0 Å². The highest BCUT2D eigenvalue weighted by Gasteiger charge is 2.20. The molecule has 0 aliphatic rings. The van der Waals surface area contributed by atoms with Gasteiger partial charge in [-0.2, -0.15) is 5.10 Å². The second-order valence-electron chi connectivity index (χ2n) is 6.15. The monoisotopic (exact) mass is 406 g/mol. The van der Waals surface area contributed by atoms with E-state index in [-0.39, 0.29) is 23.7 Å². The number of hydrogen-bond donors (Lipinski definition) is 2. The Hall–Kier alpha value is -4.61. The predicted molar refractivity (Wildman–Crippen MR) is 106 cm³/mol. The SMILES string of the molecule is Nc1nonc1-c1nc2ccccc2n1CC(=O)NN=Cc1cccc([N+](=O)[O-])c1. The lowest BCUT2D eigenvalue weighted by atomic mass is 10.2.